The second-order valence-corrected chi connectivity index (χ2v) is 7.09. The average molecular weight is 403 g/mol. The van der Waals surface area contributed by atoms with Crippen molar-refractivity contribution >= 4 is 34.2 Å². The van der Waals surface area contributed by atoms with E-state index >= 15 is 0 Å². The standard InChI is InChI=1S/C21H20ClFN2O3/c1-2-13-4-3-5-14(12-13)25-16-7-6-15(23)18(22)17(16)19(20(25)21(26)27)24-8-10-28-11-9-24/h3-7,12H,2,8-11H2,1H3,(H,26,27). The van der Waals surface area contributed by atoms with Crippen LogP contribution in [0.15, 0.2) is 36.4 Å². The maximum atomic E-state index is 14.3. The molecule has 0 saturated carbocycles. The van der Waals surface area contributed by atoms with Gasteiger partial charge in [-0.2, -0.15) is 0 Å². The fourth-order valence-corrected chi connectivity index (χ4v) is 4.02. The SMILES string of the molecule is CCc1cccc(-n2c(C(=O)O)c(N3CCOCC3)c3c(Cl)c(F)ccc32)c1. The molecule has 28 heavy (non-hydrogen) atoms. The first-order valence-electron chi connectivity index (χ1n) is 9.20. The van der Waals surface area contributed by atoms with E-state index in [9.17, 15) is 14.3 Å². The number of carbonyl (C=O) groups is 1. The molecule has 3 aromatic rings. The molecule has 0 amide bonds. The van der Waals surface area contributed by atoms with Crippen molar-refractivity contribution in [2.24, 2.45) is 0 Å². The normalized spacial score (nSPS) is 14.6. The monoisotopic (exact) mass is 402 g/mol. The molecule has 0 radical (unpaired) electrons. The number of fused-ring (bicyclic) bond motifs is 1. The Hall–Kier alpha value is -2.57. The molecule has 0 bridgehead atoms. The van der Waals surface area contributed by atoms with Crippen molar-refractivity contribution < 1.29 is 19.0 Å². The summed E-state index contributed by atoms with van der Waals surface area (Å²) in [5.41, 5.74) is 2.88. The first-order chi connectivity index (χ1) is 13.5. The van der Waals surface area contributed by atoms with Crippen molar-refractivity contribution in [3.8, 4) is 5.69 Å². The van der Waals surface area contributed by atoms with Crippen LogP contribution in [0.5, 0.6) is 0 Å². The Morgan fingerprint density at radius 2 is 2.00 bits per heavy atom. The molecule has 1 fully saturated rings. The Morgan fingerprint density at radius 1 is 1.25 bits per heavy atom. The van der Waals surface area contributed by atoms with E-state index in [1.54, 1.807) is 10.6 Å². The third-order valence-corrected chi connectivity index (χ3v) is 5.47. The molecule has 2 heterocycles. The van der Waals surface area contributed by atoms with E-state index in [1.165, 1.54) is 6.07 Å². The van der Waals surface area contributed by atoms with Crippen molar-refractivity contribution in [2.45, 2.75) is 13.3 Å². The van der Waals surface area contributed by atoms with E-state index < -0.39 is 11.8 Å². The van der Waals surface area contributed by atoms with Gasteiger partial charge in [0.05, 0.1) is 29.4 Å². The number of aromatic carboxylic acids is 1. The van der Waals surface area contributed by atoms with Crippen LogP contribution in [0.25, 0.3) is 16.6 Å². The van der Waals surface area contributed by atoms with Gasteiger partial charge in [0.2, 0.25) is 0 Å². The van der Waals surface area contributed by atoms with Crippen LogP contribution in [0.1, 0.15) is 23.0 Å². The zero-order valence-electron chi connectivity index (χ0n) is 15.4. The smallest absolute Gasteiger partial charge is 0.355 e. The summed E-state index contributed by atoms with van der Waals surface area (Å²) >= 11 is 6.35. The van der Waals surface area contributed by atoms with Gasteiger partial charge in [-0.25, -0.2) is 9.18 Å². The summed E-state index contributed by atoms with van der Waals surface area (Å²) in [5.74, 6) is -1.66. The average Bonchev–Trinajstić information content (AvgIpc) is 3.07. The summed E-state index contributed by atoms with van der Waals surface area (Å²) in [6, 6.07) is 10.6. The maximum Gasteiger partial charge on any atom is 0.355 e. The van der Waals surface area contributed by atoms with Gasteiger partial charge in [0.25, 0.3) is 0 Å². The van der Waals surface area contributed by atoms with Crippen molar-refractivity contribution in [3.05, 3.63) is 58.5 Å². The van der Waals surface area contributed by atoms with E-state index in [-0.39, 0.29) is 10.7 Å². The Bertz CT molecular complexity index is 1060. The number of benzene rings is 2. The number of carboxylic acid groups (broad SMARTS) is 1. The van der Waals surface area contributed by atoms with Crippen molar-refractivity contribution in [1.29, 1.82) is 0 Å². The number of halogens is 2. The summed E-state index contributed by atoms with van der Waals surface area (Å²) < 4.78 is 21.4. The Balaban J connectivity index is 2.10. The Morgan fingerprint density at radius 3 is 2.68 bits per heavy atom. The molecular weight excluding hydrogens is 383 g/mol. The molecule has 1 saturated heterocycles. The summed E-state index contributed by atoms with van der Waals surface area (Å²) in [6.07, 6.45) is 0.821. The lowest BCUT2D eigenvalue weighted by molar-refractivity contribution is 0.0688. The van der Waals surface area contributed by atoms with Gasteiger partial charge in [0.1, 0.15) is 5.82 Å². The number of morpholine rings is 1. The van der Waals surface area contributed by atoms with Crippen molar-refractivity contribution in [1.82, 2.24) is 4.57 Å². The van der Waals surface area contributed by atoms with Gasteiger partial charge in [-0.1, -0.05) is 30.7 Å². The highest BCUT2D eigenvalue weighted by Gasteiger charge is 2.30. The first-order valence-corrected chi connectivity index (χ1v) is 9.58. The molecule has 0 unspecified atom stereocenters. The number of carboxylic acids is 1. The molecule has 5 nitrogen and oxygen atoms in total. The topological polar surface area (TPSA) is 54.7 Å². The minimum Gasteiger partial charge on any atom is -0.476 e. The predicted octanol–water partition coefficient (Wildman–Crippen LogP) is 4.52. The molecule has 0 aliphatic carbocycles. The zero-order valence-corrected chi connectivity index (χ0v) is 16.2. The molecule has 1 aliphatic rings. The number of nitrogens with zero attached hydrogens (tertiary/aromatic N) is 2. The van der Waals surface area contributed by atoms with Crippen LogP contribution in [-0.4, -0.2) is 41.9 Å². The van der Waals surface area contributed by atoms with E-state index in [0.717, 1.165) is 12.0 Å². The summed E-state index contributed by atoms with van der Waals surface area (Å²) in [4.78, 5) is 14.3. The second-order valence-electron chi connectivity index (χ2n) is 6.72. The summed E-state index contributed by atoms with van der Waals surface area (Å²) in [5, 5.41) is 10.5. The highest BCUT2D eigenvalue weighted by atomic mass is 35.5. The number of aryl methyl sites for hydroxylation is 1. The van der Waals surface area contributed by atoms with E-state index in [4.69, 9.17) is 16.3 Å². The molecule has 7 heteroatoms. The molecule has 146 valence electrons. The third-order valence-electron chi connectivity index (χ3n) is 5.11. The minimum atomic E-state index is -1.09. The second kappa shape index (κ2) is 7.45. The van der Waals surface area contributed by atoms with E-state index in [0.29, 0.717) is 48.6 Å². The van der Waals surface area contributed by atoms with Gasteiger partial charge in [-0.05, 0) is 36.2 Å². The largest absolute Gasteiger partial charge is 0.476 e. The molecule has 0 spiro atoms. The van der Waals surface area contributed by atoms with E-state index in [2.05, 4.69) is 0 Å². The summed E-state index contributed by atoms with van der Waals surface area (Å²) in [6.45, 7) is 4.02. The summed E-state index contributed by atoms with van der Waals surface area (Å²) in [7, 11) is 0. The number of ether oxygens (including phenoxy) is 1. The van der Waals surface area contributed by atoms with Gasteiger partial charge in [-0.15, -0.1) is 0 Å². The lowest BCUT2D eigenvalue weighted by Gasteiger charge is -2.29. The first kappa shape index (κ1) is 18.8. The molecular formula is C21H20ClFN2O3. The van der Waals surface area contributed by atoms with Gasteiger partial charge in [0, 0.05) is 24.2 Å². The highest BCUT2D eigenvalue weighted by molar-refractivity contribution is 6.37. The van der Waals surface area contributed by atoms with Crippen LogP contribution in [0, 0.1) is 5.82 Å². The quantitative estimate of drug-likeness (QED) is 0.697. The zero-order chi connectivity index (χ0) is 19.8. The van der Waals surface area contributed by atoms with Crippen LogP contribution >= 0.6 is 11.6 Å². The van der Waals surface area contributed by atoms with Crippen LogP contribution in [0.4, 0.5) is 10.1 Å². The predicted molar refractivity (Wildman–Crippen MR) is 108 cm³/mol. The van der Waals surface area contributed by atoms with E-state index in [1.807, 2.05) is 36.1 Å². The van der Waals surface area contributed by atoms with Gasteiger partial charge < -0.3 is 19.3 Å². The number of aromatic nitrogens is 1. The lowest BCUT2D eigenvalue weighted by Crippen LogP contribution is -2.37. The molecule has 2 aromatic carbocycles. The number of hydrogen-bond acceptors (Lipinski definition) is 3. The molecule has 1 aliphatic heterocycles. The van der Waals surface area contributed by atoms with Gasteiger partial charge >= 0.3 is 5.97 Å². The van der Waals surface area contributed by atoms with Crippen LogP contribution in [0.2, 0.25) is 5.02 Å². The number of hydrogen-bond donors (Lipinski definition) is 1. The molecule has 4 rings (SSSR count). The van der Waals surface area contributed by atoms with Crippen molar-refractivity contribution in [3.63, 3.8) is 0 Å². The lowest BCUT2D eigenvalue weighted by atomic mass is 10.1. The molecule has 0 atom stereocenters. The van der Waals surface area contributed by atoms with Crippen LogP contribution in [0.3, 0.4) is 0 Å². The Labute approximate surface area is 166 Å². The van der Waals surface area contributed by atoms with Gasteiger partial charge in [0.15, 0.2) is 5.69 Å². The van der Waals surface area contributed by atoms with Crippen molar-refractivity contribution in [2.75, 3.05) is 31.2 Å². The van der Waals surface area contributed by atoms with Gasteiger partial charge in [-0.3, -0.25) is 0 Å². The number of rotatable bonds is 4. The van der Waals surface area contributed by atoms with Crippen LogP contribution < -0.4 is 4.90 Å². The molecule has 1 N–H and O–H groups in total. The number of anilines is 1. The molecule has 1 aromatic heterocycles. The highest BCUT2D eigenvalue weighted by Crippen LogP contribution is 2.41. The van der Waals surface area contributed by atoms with Crippen LogP contribution in [-0.2, 0) is 11.2 Å². The maximum absolute atomic E-state index is 14.3. The minimum absolute atomic E-state index is 0.0631. The fraction of sp³-hybridized carbons (Fsp3) is 0.286. The third kappa shape index (κ3) is 3.02. The fourth-order valence-electron chi connectivity index (χ4n) is 3.77. The Kier molecular flexibility index (Phi) is 5.00.